The molecule has 3 heteroatoms. The summed E-state index contributed by atoms with van der Waals surface area (Å²) in [5, 5.41) is 7.75. The Bertz CT molecular complexity index is 3220. The number of rotatable bonds is 6. The van der Waals surface area contributed by atoms with Crippen LogP contribution in [0.4, 0.5) is 17.1 Å². The molecule has 0 aliphatic heterocycles. The standard InChI is InChI=1S/C52H33NS2/c1-2-12-36-31-38(24-23-34(36)11-1)35-25-28-40(29-26-35)53(41-14-9-13-37(32-41)39-27-30-50-46(33-39)43-16-4-7-20-48(43)54-50)47-19-6-3-15-42(47)44-18-10-22-51-52(44)45-17-5-8-21-49(45)55-51/h1-33H. The number of para-hydroxylation sites is 1. The molecule has 0 radical (unpaired) electrons. The van der Waals surface area contributed by atoms with Gasteiger partial charge in [0.05, 0.1) is 5.69 Å². The van der Waals surface area contributed by atoms with Gasteiger partial charge in [0.25, 0.3) is 0 Å². The fourth-order valence-electron chi connectivity index (χ4n) is 8.22. The first-order valence-electron chi connectivity index (χ1n) is 18.7. The van der Waals surface area contributed by atoms with E-state index in [1.807, 2.05) is 22.7 Å². The summed E-state index contributed by atoms with van der Waals surface area (Å²) in [6.45, 7) is 0. The molecule has 11 aromatic rings. The SMILES string of the molecule is c1cc(-c2ccc3sc4ccccc4c3c2)cc(N(c2ccc(-c3ccc4ccccc4c3)cc2)c2ccccc2-c2cccc3sc4ccccc4c23)c1. The van der Waals surface area contributed by atoms with Crippen LogP contribution < -0.4 is 4.90 Å². The van der Waals surface area contributed by atoms with E-state index in [0.717, 1.165) is 17.1 Å². The summed E-state index contributed by atoms with van der Waals surface area (Å²) in [6.07, 6.45) is 0. The molecule has 2 aromatic heterocycles. The van der Waals surface area contributed by atoms with Crippen LogP contribution in [-0.2, 0) is 0 Å². The van der Waals surface area contributed by atoms with Crippen LogP contribution in [0.25, 0.3) is 84.5 Å². The monoisotopic (exact) mass is 735 g/mol. The highest BCUT2D eigenvalue weighted by Crippen LogP contribution is 2.47. The number of anilines is 3. The summed E-state index contributed by atoms with van der Waals surface area (Å²) in [6, 6.07) is 73.5. The topological polar surface area (TPSA) is 3.24 Å². The third-order valence-corrected chi connectivity index (χ3v) is 13.1. The molecule has 9 aromatic carbocycles. The first-order valence-corrected chi connectivity index (χ1v) is 20.3. The number of fused-ring (bicyclic) bond motifs is 7. The number of hydrogen-bond donors (Lipinski definition) is 0. The van der Waals surface area contributed by atoms with Crippen molar-refractivity contribution in [3.63, 3.8) is 0 Å². The Morgan fingerprint density at radius 3 is 1.80 bits per heavy atom. The molecular formula is C52H33NS2. The molecule has 0 spiro atoms. The van der Waals surface area contributed by atoms with Crippen molar-refractivity contribution in [2.24, 2.45) is 0 Å². The van der Waals surface area contributed by atoms with Gasteiger partial charge in [-0.25, -0.2) is 0 Å². The van der Waals surface area contributed by atoms with Crippen molar-refractivity contribution in [3.05, 3.63) is 200 Å². The van der Waals surface area contributed by atoms with Crippen LogP contribution in [0.15, 0.2) is 200 Å². The molecule has 0 fully saturated rings. The van der Waals surface area contributed by atoms with Gasteiger partial charge in [0.1, 0.15) is 0 Å². The smallest absolute Gasteiger partial charge is 0.0540 e. The van der Waals surface area contributed by atoms with Gasteiger partial charge in [0.2, 0.25) is 0 Å². The minimum absolute atomic E-state index is 1.11. The molecule has 0 saturated carbocycles. The third-order valence-electron chi connectivity index (χ3n) is 10.9. The lowest BCUT2D eigenvalue weighted by molar-refractivity contribution is 1.28. The van der Waals surface area contributed by atoms with Crippen LogP contribution in [0.3, 0.4) is 0 Å². The molecule has 0 atom stereocenters. The van der Waals surface area contributed by atoms with Crippen molar-refractivity contribution in [2.75, 3.05) is 4.90 Å². The van der Waals surface area contributed by atoms with E-state index in [1.165, 1.54) is 84.5 Å². The van der Waals surface area contributed by atoms with Crippen LogP contribution in [0, 0.1) is 0 Å². The molecule has 0 amide bonds. The quantitative estimate of drug-likeness (QED) is 0.164. The molecule has 55 heavy (non-hydrogen) atoms. The van der Waals surface area contributed by atoms with Crippen molar-refractivity contribution < 1.29 is 0 Å². The summed E-state index contributed by atoms with van der Waals surface area (Å²) in [5.74, 6) is 0. The summed E-state index contributed by atoms with van der Waals surface area (Å²) >= 11 is 3.73. The van der Waals surface area contributed by atoms with Gasteiger partial charge in [-0.05, 0) is 105 Å². The second-order valence-corrected chi connectivity index (χ2v) is 16.3. The van der Waals surface area contributed by atoms with Gasteiger partial charge in [-0.2, -0.15) is 0 Å². The van der Waals surface area contributed by atoms with E-state index < -0.39 is 0 Å². The van der Waals surface area contributed by atoms with Gasteiger partial charge in [0.15, 0.2) is 0 Å². The first-order chi connectivity index (χ1) is 27.2. The van der Waals surface area contributed by atoms with Crippen LogP contribution in [0.5, 0.6) is 0 Å². The predicted octanol–water partition coefficient (Wildman–Crippen LogP) is 16.0. The maximum atomic E-state index is 2.44. The Balaban J connectivity index is 1.09. The largest absolute Gasteiger partial charge is 0.310 e. The number of thiophene rings is 2. The predicted molar refractivity (Wildman–Crippen MR) is 241 cm³/mol. The molecular weight excluding hydrogens is 703 g/mol. The van der Waals surface area contributed by atoms with Crippen LogP contribution in [-0.4, -0.2) is 0 Å². The summed E-state index contributed by atoms with van der Waals surface area (Å²) in [7, 11) is 0. The van der Waals surface area contributed by atoms with Crippen LogP contribution in [0.2, 0.25) is 0 Å². The lowest BCUT2D eigenvalue weighted by atomic mass is 9.96. The Hall–Kier alpha value is -6.52. The van der Waals surface area contributed by atoms with Crippen LogP contribution >= 0.6 is 22.7 Å². The molecule has 0 aliphatic rings. The van der Waals surface area contributed by atoms with E-state index in [0.29, 0.717) is 0 Å². The van der Waals surface area contributed by atoms with E-state index in [4.69, 9.17) is 0 Å². The van der Waals surface area contributed by atoms with E-state index in [2.05, 4.69) is 205 Å². The minimum atomic E-state index is 1.11. The zero-order valence-corrected chi connectivity index (χ0v) is 31.4. The molecule has 11 rings (SSSR count). The van der Waals surface area contributed by atoms with E-state index >= 15 is 0 Å². The summed E-state index contributed by atoms with van der Waals surface area (Å²) in [5.41, 5.74) is 10.6. The van der Waals surface area contributed by atoms with Gasteiger partial charge in [-0.1, -0.05) is 133 Å². The Morgan fingerprint density at radius 1 is 0.309 bits per heavy atom. The Kier molecular flexibility index (Phi) is 7.61. The van der Waals surface area contributed by atoms with Crippen molar-refractivity contribution in [1.29, 1.82) is 0 Å². The molecule has 2 heterocycles. The van der Waals surface area contributed by atoms with Crippen molar-refractivity contribution >= 4 is 90.9 Å². The third kappa shape index (κ3) is 5.51. The van der Waals surface area contributed by atoms with Crippen LogP contribution in [0.1, 0.15) is 0 Å². The maximum Gasteiger partial charge on any atom is 0.0540 e. The lowest BCUT2D eigenvalue weighted by Crippen LogP contribution is -2.11. The molecule has 0 saturated heterocycles. The maximum absolute atomic E-state index is 2.44. The number of nitrogens with zero attached hydrogens (tertiary/aromatic N) is 1. The van der Waals surface area contributed by atoms with Gasteiger partial charge >= 0.3 is 0 Å². The summed E-state index contributed by atoms with van der Waals surface area (Å²) < 4.78 is 5.26. The normalized spacial score (nSPS) is 11.6. The van der Waals surface area contributed by atoms with E-state index in [1.54, 1.807) is 0 Å². The molecule has 0 unspecified atom stereocenters. The molecule has 0 bridgehead atoms. The average molecular weight is 736 g/mol. The van der Waals surface area contributed by atoms with Crippen molar-refractivity contribution in [2.45, 2.75) is 0 Å². The summed E-state index contributed by atoms with van der Waals surface area (Å²) in [4.78, 5) is 2.44. The first kappa shape index (κ1) is 32.0. The molecule has 258 valence electrons. The molecule has 1 nitrogen and oxygen atoms in total. The second-order valence-electron chi connectivity index (χ2n) is 14.1. The fraction of sp³-hybridized carbons (Fsp3) is 0. The fourth-order valence-corrected chi connectivity index (χ4v) is 10.4. The highest BCUT2D eigenvalue weighted by molar-refractivity contribution is 7.26. The van der Waals surface area contributed by atoms with E-state index in [-0.39, 0.29) is 0 Å². The van der Waals surface area contributed by atoms with Gasteiger partial charge < -0.3 is 4.90 Å². The van der Waals surface area contributed by atoms with Gasteiger partial charge in [0, 0.05) is 57.3 Å². The molecule has 0 N–H and O–H groups in total. The zero-order chi connectivity index (χ0) is 36.3. The Morgan fingerprint density at radius 2 is 0.909 bits per heavy atom. The Labute approximate surface area is 327 Å². The number of hydrogen-bond acceptors (Lipinski definition) is 3. The van der Waals surface area contributed by atoms with Gasteiger partial charge in [-0.15, -0.1) is 22.7 Å². The van der Waals surface area contributed by atoms with Gasteiger partial charge in [-0.3, -0.25) is 0 Å². The van der Waals surface area contributed by atoms with Crippen molar-refractivity contribution in [1.82, 2.24) is 0 Å². The average Bonchev–Trinajstić information content (AvgIpc) is 3.82. The second kappa shape index (κ2) is 13.1. The minimum Gasteiger partial charge on any atom is -0.310 e. The lowest BCUT2D eigenvalue weighted by Gasteiger charge is -2.28. The molecule has 0 aliphatic carbocycles. The number of benzene rings is 9. The van der Waals surface area contributed by atoms with Crippen molar-refractivity contribution in [3.8, 4) is 33.4 Å². The highest BCUT2D eigenvalue weighted by Gasteiger charge is 2.20. The van der Waals surface area contributed by atoms with E-state index in [9.17, 15) is 0 Å². The zero-order valence-electron chi connectivity index (χ0n) is 29.8. The highest BCUT2D eigenvalue weighted by atomic mass is 32.1.